The Morgan fingerprint density at radius 2 is 1.39 bits per heavy atom. The predicted molar refractivity (Wildman–Crippen MR) is 136 cm³/mol. The van der Waals surface area contributed by atoms with Crippen molar-refractivity contribution >= 4 is 33.8 Å². The van der Waals surface area contributed by atoms with Gasteiger partial charge in [0.25, 0.3) is 10.0 Å². The van der Waals surface area contributed by atoms with E-state index in [0.717, 1.165) is 24.3 Å². The van der Waals surface area contributed by atoms with E-state index in [4.69, 9.17) is 0 Å². The van der Waals surface area contributed by atoms with E-state index in [2.05, 4.69) is 4.72 Å². The van der Waals surface area contributed by atoms with Crippen LogP contribution in [0.1, 0.15) is 27.0 Å². The molecule has 0 spiro atoms. The number of rotatable bonds is 7. The number of aromatic carboxylic acids is 1. The first kappa shape index (κ1) is 26.6. The Labute approximate surface area is 215 Å². The van der Waals surface area contributed by atoms with E-state index < -0.39 is 33.5 Å². The molecular weight excluding hydrogens is 522 g/mol. The van der Waals surface area contributed by atoms with Crippen molar-refractivity contribution in [1.29, 1.82) is 0 Å². The first-order chi connectivity index (χ1) is 17.9. The van der Waals surface area contributed by atoms with E-state index in [0.29, 0.717) is 22.3 Å². The van der Waals surface area contributed by atoms with Gasteiger partial charge in [0, 0.05) is 5.69 Å². The fraction of sp³-hybridized carbons (Fsp3) is 0.0357. The third kappa shape index (κ3) is 6.27. The van der Waals surface area contributed by atoms with Crippen LogP contribution in [0, 0.1) is 5.82 Å². The molecule has 0 aliphatic heterocycles. The summed E-state index contributed by atoms with van der Waals surface area (Å²) < 4.78 is 78.9. The molecule has 10 heteroatoms. The lowest BCUT2D eigenvalue weighted by Crippen LogP contribution is -2.13. The number of carboxylic acids is 1. The van der Waals surface area contributed by atoms with E-state index in [1.807, 2.05) is 0 Å². The Hall–Kier alpha value is -4.44. The van der Waals surface area contributed by atoms with Crippen LogP contribution < -0.4 is 4.72 Å². The molecule has 194 valence electrons. The summed E-state index contributed by atoms with van der Waals surface area (Å²) in [6.45, 7) is 0. The molecule has 0 aliphatic carbocycles. The van der Waals surface area contributed by atoms with Gasteiger partial charge >= 0.3 is 12.1 Å². The number of benzene rings is 4. The Kier molecular flexibility index (Phi) is 7.36. The van der Waals surface area contributed by atoms with Crippen LogP contribution in [-0.2, 0) is 16.2 Å². The first-order valence-electron chi connectivity index (χ1n) is 11.0. The van der Waals surface area contributed by atoms with Crippen LogP contribution in [0.25, 0.3) is 23.3 Å². The van der Waals surface area contributed by atoms with Crippen LogP contribution in [0.5, 0.6) is 0 Å². The highest BCUT2D eigenvalue weighted by Crippen LogP contribution is 2.30. The monoisotopic (exact) mass is 541 g/mol. The number of anilines is 1. The topological polar surface area (TPSA) is 83.5 Å². The summed E-state index contributed by atoms with van der Waals surface area (Å²) in [4.78, 5) is 11.6. The molecule has 0 saturated heterocycles. The van der Waals surface area contributed by atoms with Gasteiger partial charge in [-0.2, -0.15) is 13.2 Å². The summed E-state index contributed by atoms with van der Waals surface area (Å²) in [7, 11) is -4.06. The number of sulfonamides is 1. The molecule has 0 bridgehead atoms. The largest absolute Gasteiger partial charge is 0.478 e. The Morgan fingerprint density at radius 3 is 1.97 bits per heavy atom. The number of alkyl halides is 3. The minimum atomic E-state index is -4.53. The molecule has 4 rings (SSSR count). The number of hydrogen-bond donors (Lipinski definition) is 2. The standard InChI is InChI=1S/C28H19F4NO4S/c29-23-10-5-19(6-11-23)20-7-16-26(27(34)35)21(17-20)4-1-18-2-14-25(15-3-18)38(36,37)33-24-12-8-22(9-13-24)28(30,31)32/h1-17,33H,(H,34,35)/b4-1+. The summed E-state index contributed by atoms with van der Waals surface area (Å²) in [5.41, 5.74) is 1.47. The number of hydrogen-bond acceptors (Lipinski definition) is 3. The lowest BCUT2D eigenvalue weighted by atomic mass is 9.98. The minimum Gasteiger partial charge on any atom is -0.478 e. The molecule has 4 aromatic rings. The van der Waals surface area contributed by atoms with Crippen LogP contribution in [0.3, 0.4) is 0 Å². The van der Waals surface area contributed by atoms with Crippen molar-refractivity contribution in [2.75, 3.05) is 4.72 Å². The lowest BCUT2D eigenvalue weighted by Gasteiger charge is -2.10. The predicted octanol–water partition coefficient (Wildman–Crippen LogP) is 7.18. The third-order valence-electron chi connectivity index (χ3n) is 5.57. The molecule has 2 N–H and O–H groups in total. The maximum Gasteiger partial charge on any atom is 0.416 e. The van der Waals surface area contributed by atoms with Gasteiger partial charge in [-0.15, -0.1) is 0 Å². The highest BCUT2D eigenvalue weighted by atomic mass is 32.2. The van der Waals surface area contributed by atoms with Crippen molar-refractivity contribution in [1.82, 2.24) is 0 Å². The summed E-state index contributed by atoms with van der Waals surface area (Å²) in [5, 5.41) is 9.55. The van der Waals surface area contributed by atoms with Crippen LogP contribution in [0.15, 0.2) is 95.9 Å². The van der Waals surface area contributed by atoms with Crippen molar-refractivity contribution in [3.05, 3.63) is 119 Å². The van der Waals surface area contributed by atoms with Crippen molar-refractivity contribution < 1.29 is 35.9 Å². The maximum atomic E-state index is 13.3. The molecular formula is C28H19F4NO4S. The number of halogens is 4. The van der Waals surface area contributed by atoms with Crippen molar-refractivity contribution in [2.24, 2.45) is 0 Å². The van der Waals surface area contributed by atoms with Gasteiger partial charge in [0.1, 0.15) is 5.82 Å². The van der Waals surface area contributed by atoms with Gasteiger partial charge in [-0.25, -0.2) is 17.6 Å². The van der Waals surface area contributed by atoms with Crippen molar-refractivity contribution in [2.45, 2.75) is 11.1 Å². The zero-order chi connectivity index (χ0) is 27.5. The van der Waals surface area contributed by atoms with Crippen LogP contribution in [-0.4, -0.2) is 19.5 Å². The van der Waals surface area contributed by atoms with E-state index in [9.17, 15) is 35.9 Å². The second kappa shape index (κ2) is 10.5. The fourth-order valence-electron chi connectivity index (χ4n) is 3.60. The molecule has 0 saturated carbocycles. The zero-order valence-electron chi connectivity index (χ0n) is 19.4. The zero-order valence-corrected chi connectivity index (χ0v) is 20.2. The van der Waals surface area contributed by atoms with Gasteiger partial charge in [-0.1, -0.05) is 42.5 Å². The van der Waals surface area contributed by atoms with Crippen LogP contribution in [0.2, 0.25) is 0 Å². The van der Waals surface area contributed by atoms with Gasteiger partial charge in [0.15, 0.2) is 0 Å². The molecule has 38 heavy (non-hydrogen) atoms. The van der Waals surface area contributed by atoms with E-state index in [-0.39, 0.29) is 16.1 Å². The number of carbonyl (C=O) groups is 1. The van der Waals surface area contributed by atoms with Gasteiger partial charge in [-0.3, -0.25) is 4.72 Å². The van der Waals surface area contributed by atoms with Gasteiger partial charge in [-0.05, 0) is 82.9 Å². The molecule has 0 aliphatic rings. The highest BCUT2D eigenvalue weighted by Gasteiger charge is 2.30. The average molecular weight is 542 g/mol. The first-order valence-corrected chi connectivity index (χ1v) is 12.5. The SMILES string of the molecule is O=C(O)c1ccc(-c2ccc(F)cc2)cc1/C=C/c1ccc(S(=O)(=O)Nc2ccc(C(F)(F)F)cc2)cc1. The third-order valence-corrected chi connectivity index (χ3v) is 6.97. The molecule has 4 aromatic carbocycles. The summed E-state index contributed by atoms with van der Waals surface area (Å²) in [5.74, 6) is -1.53. The molecule has 0 aromatic heterocycles. The maximum absolute atomic E-state index is 13.3. The Bertz CT molecular complexity index is 1600. The average Bonchev–Trinajstić information content (AvgIpc) is 2.87. The quantitative estimate of drug-likeness (QED) is 0.192. The Morgan fingerprint density at radius 1 is 0.789 bits per heavy atom. The summed E-state index contributed by atoms with van der Waals surface area (Å²) in [6.07, 6.45) is -1.36. The second-order valence-electron chi connectivity index (χ2n) is 8.20. The molecule has 5 nitrogen and oxygen atoms in total. The van der Waals surface area contributed by atoms with Gasteiger partial charge in [0.2, 0.25) is 0 Å². The van der Waals surface area contributed by atoms with Crippen LogP contribution >= 0.6 is 0 Å². The van der Waals surface area contributed by atoms with Crippen molar-refractivity contribution in [3.63, 3.8) is 0 Å². The van der Waals surface area contributed by atoms with Crippen LogP contribution in [0.4, 0.5) is 23.2 Å². The molecule has 0 heterocycles. The molecule has 0 unspecified atom stereocenters. The highest BCUT2D eigenvalue weighted by molar-refractivity contribution is 7.92. The summed E-state index contributed by atoms with van der Waals surface area (Å²) >= 11 is 0. The molecule has 0 radical (unpaired) electrons. The molecule has 0 fully saturated rings. The normalized spacial score (nSPS) is 12.0. The smallest absolute Gasteiger partial charge is 0.416 e. The Balaban J connectivity index is 1.54. The van der Waals surface area contributed by atoms with Gasteiger partial charge in [0.05, 0.1) is 16.0 Å². The van der Waals surface area contributed by atoms with Crippen molar-refractivity contribution in [3.8, 4) is 11.1 Å². The number of nitrogens with one attached hydrogen (secondary N) is 1. The summed E-state index contributed by atoms with van der Waals surface area (Å²) in [6, 6.07) is 19.7. The van der Waals surface area contributed by atoms with E-state index in [1.54, 1.807) is 36.4 Å². The van der Waals surface area contributed by atoms with Gasteiger partial charge < -0.3 is 5.11 Å². The minimum absolute atomic E-state index is 0.0239. The molecule has 0 amide bonds. The number of carboxylic acid groups (broad SMARTS) is 1. The van der Waals surface area contributed by atoms with E-state index in [1.165, 1.54) is 42.5 Å². The van der Waals surface area contributed by atoms with E-state index >= 15 is 0 Å². The molecule has 0 atom stereocenters. The fourth-order valence-corrected chi connectivity index (χ4v) is 4.66. The second-order valence-corrected chi connectivity index (χ2v) is 9.88. The lowest BCUT2D eigenvalue weighted by molar-refractivity contribution is -0.137.